The number of carbonyl (C=O) groups is 1. The first-order valence-electron chi connectivity index (χ1n) is 9.43. The number of hydrogen-bond donors (Lipinski definition) is 1. The smallest absolute Gasteiger partial charge is 0.145 e. The standard InChI is InChI=1S/C20H30O2/c1-17(2)7-5-8-18(3)12(17)6-9-20-13(18)10-11-14(15(20)21)19(11,4)16(20)22/h11-14,16,22H,5-10H2,1-4H3/t11-,12+,13-,14+,16-,18-,19-,20+/m0/s1. The number of ketones is 1. The average Bonchev–Trinajstić information content (AvgIpc) is 3.01. The summed E-state index contributed by atoms with van der Waals surface area (Å²) in [6.07, 6.45) is 6.85. The van der Waals surface area contributed by atoms with E-state index in [0.29, 0.717) is 23.0 Å². The second kappa shape index (κ2) is 3.50. The van der Waals surface area contributed by atoms with Crippen molar-refractivity contribution in [2.24, 2.45) is 45.3 Å². The lowest BCUT2D eigenvalue weighted by atomic mass is 9.39. The van der Waals surface area contributed by atoms with Crippen LogP contribution in [0.2, 0.25) is 0 Å². The number of hydrogen-bond acceptors (Lipinski definition) is 2. The van der Waals surface area contributed by atoms with Gasteiger partial charge in [-0.05, 0) is 60.7 Å². The highest BCUT2D eigenvalue weighted by atomic mass is 16.3. The highest BCUT2D eigenvalue weighted by Crippen LogP contribution is 2.83. The summed E-state index contributed by atoms with van der Waals surface area (Å²) in [7, 11) is 0. The predicted molar refractivity (Wildman–Crippen MR) is 85.1 cm³/mol. The molecule has 0 aromatic carbocycles. The van der Waals surface area contributed by atoms with Crippen LogP contribution in [-0.2, 0) is 4.79 Å². The summed E-state index contributed by atoms with van der Waals surface area (Å²) in [5.41, 5.74) is 0.245. The molecule has 0 saturated heterocycles. The fraction of sp³-hybridized carbons (Fsp3) is 0.950. The lowest BCUT2D eigenvalue weighted by Gasteiger charge is -2.65. The Morgan fingerprint density at radius 3 is 2.41 bits per heavy atom. The van der Waals surface area contributed by atoms with Crippen LogP contribution < -0.4 is 0 Å². The van der Waals surface area contributed by atoms with Crippen LogP contribution in [0.1, 0.15) is 66.2 Å². The van der Waals surface area contributed by atoms with Crippen LogP contribution in [0.15, 0.2) is 0 Å². The topological polar surface area (TPSA) is 37.3 Å². The third-order valence-electron chi connectivity index (χ3n) is 9.61. The molecule has 0 heterocycles. The van der Waals surface area contributed by atoms with E-state index in [9.17, 15) is 9.90 Å². The molecular weight excluding hydrogens is 272 g/mol. The quantitative estimate of drug-likeness (QED) is 0.738. The van der Waals surface area contributed by atoms with Crippen LogP contribution in [0.5, 0.6) is 0 Å². The van der Waals surface area contributed by atoms with Crippen molar-refractivity contribution in [1.29, 1.82) is 0 Å². The van der Waals surface area contributed by atoms with Gasteiger partial charge in [-0.25, -0.2) is 0 Å². The van der Waals surface area contributed by atoms with E-state index in [1.54, 1.807) is 0 Å². The van der Waals surface area contributed by atoms with Gasteiger partial charge in [0.05, 0.1) is 11.5 Å². The van der Waals surface area contributed by atoms with Crippen molar-refractivity contribution >= 4 is 5.78 Å². The highest BCUT2D eigenvalue weighted by Gasteiger charge is 2.87. The van der Waals surface area contributed by atoms with Crippen LogP contribution in [0.4, 0.5) is 0 Å². The molecule has 0 amide bonds. The van der Waals surface area contributed by atoms with E-state index in [1.165, 1.54) is 25.7 Å². The van der Waals surface area contributed by atoms with Crippen LogP contribution in [0.25, 0.3) is 0 Å². The number of aliphatic hydroxyl groups excluding tert-OH is 1. The van der Waals surface area contributed by atoms with Gasteiger partial charge < -0.3 is 5.11 Å². The molecule has 2 nitrogen and oxygen atoms in total. The minimum absolute atomic E-state index is 0.0546. The predicted octanol–water partition coefficient (Wildman–Crippen LogP) is 3.82. The Hall–Kier alpha value is -0.370. The zero-order valence-electron chi connectivity index (χ0n) is 14.5. The summed E-state index contributed by atoms with van der Waals surface area (Å²) in [4.78, 5) is 13.2. The fourth-order valence-electron chi connectivity index (χ4n) is 8.64. The maximum absolute atomic E-state index is 13.2. The van der Waals surface area contributed by atoms with Gasteiger partial charge in [0.1, 0.15) is 5.78 Å². The molecular formula is C20H30O2. The van der Waals surface area contributed by atoms with Crippen LogP contribution in [0, 0.1) is 45.3 Å². The number of rotatable bonds is 0. The molecule has 6 rings (SSSR count). The molecule has 0 aromatic rings. The second-order valence-corrected chi connectivity index (χ2v) is 10.5. The molecule has 22 heavy (non-hydrogen) atoms. The molecule has 1 spiro atoms. The van der Waals surface area contributed by atoms with Gasteiger partial charge in [-0.3, -0.25) is 4.79 Å². The first-order valence-corrected chi connectivity index (χ1v) is 9.43. The number of carbonyl (C=O) groups excluding carboxylic acids is 1. The van der Waals surface area contributed by atoms with Crippen LogP contribution >= 0.6 is 0 Å². The van der Waals surface area contributed by atoms with E-state index in [2.05, 4.69) is 27.7 Å². The van der Waals surface area contributed by atoms with Gasteiger partial charge in [-0.15, -0.1) is 0 Å². The largest absolute Gasteiger partial charge is 0.391 e. The molecule has 122 valence electrons. The van der Waals surface area contributed by atoms with Crippen molar-refractivity contribution in [3.63, 3.8) is 0 Å². The van der Waals surface area contributed by atoms with Crippen molar-refractivity contribution in [2.75, 3.05) is 0 Å². The third-order valence-corrected chi connectivity index (χ3v) is 9.61. The Morgan fingerprint density at radius 2 is 1.77 bits per heavy atom. The Morgan fingerprint density at radius 1 is 1.05 bits per heavy atom. The lowest BCUT2D eigenvalue weighted by Crippen LogP contribution is -2.64. The summed E-state index contributed by atoms with van der Waals surface area (Å²) in [5, 5.41) is 11.2. The summed E-state index contributed by atoms with van der Waals surface area (Å²) in [5.74, 6) is 2.33. The van der Waals surface area contributed by atoms with Crippen molar-refractivity contribution in [3.8, 4) is 0 Å². The van der Waals surface area contributed by atoms with Crippen LogP contribution in [-0.4, -0.2) is 17.0 Å². The number of Topliss-reactive ketones (excluding diaryl/α,β-unsaturated/α-hetero) is 1. The van der Waals surface area contributed by atoms with Gasteiger partial charge in [0, 0.05) is 11.3 Å². The van der Waals surface area contributed by atoms with E-state index in [0.717, 1.165) is 18.8 Å². The molecule has 0 aliphatic heterocycles. The Kier molecular flexibility index (Phi) is 2.23. The zero-order chi connectivity index (χ0) is 15.7. The van der Waals surface area contributed by atoms with Gasteiger partial charge in [0.25, 0.3) is 0 Å². The van der Waals surface area contributed by atoms with Gasteiger partial charge in [-0.1, -0.05) is 34.1 Å². The lowest BCUT2D eigenvalue weighted by molar-refractivity contribution is -0.200. The molecule has 8 atom stereocenters. The molecule has 0 radical (unpaired) electrons. The molecule has 2 heteroatoms. The summed E-state index contributed by atoms with van der Waals surface area (Å²) in [6, 6.07) is 0. The Labute approximate surface area is 134 Å². The summed E-state index contributed by atoms with van der Waals surface area (Å²) < 4.78 is 0. The number of aliphatic hydroxyl groups is 1. The van der Waals surface area contributed by atoms with E-state index in [1.807, 2.05) is 0 Å². The number of fused-ring (bicyclic) bond motifs is 1. The zero-order valence-corrected chi connectivity index (χ0v) is 14.5. The van der Waals surface area contributed by atoms with Gasteiger partial charge in [0.15, 0.2) is 0 Å². The van der Waals surface area contributed by atoms with Crippen molar-refractivity contribution in [1.82, 2.24) is 0 Å². The first-order chi connectivity index (χ1) is 10.2. The highest BCUT2D eigenvalue weighted by molar-refractivity contribution is 5.97. The normalized spacial score (nSPS) is 64.0. The molecule has 6 aliphatic rings. The molecule has 4 bridgehead atoms. The van der Waals surface area contributed by atoms with E-state index < -0.39 is 0 Å². The van der Waals surface area contributed by atoms with Crippen molar-refractivity contribution in [2.45, 2.75) is 72.3 Å². The second-order valence-electron chi connectivity index (χ2n) is 10.5. The maximum Gasteiger partial charge on any atom is 0.145 e. The molecule has 1 N–H and O–H groups in total. The fourth-order valence-corrected chi connectivity index (χ4v) is 8.64. The van der Waals surface area contributed by atoms with Gasteiger partial charge in [0.2, 0.25) is 0 Å². The molecule has 0 aromatic heterocycles. The maximum atomic E-state index is 13.2. The average molecular weight is 302 g/mol. The van der Waals surface area contributed by atoms with Gasteiger partial charge in [-0.2, -0.15) is 0 Å². The molecule has 6 saturated carbocycles. The Bertz CT molecular complexity index is 580. The van der Waals surface area contributed by atoms with Gasteiger partial charge >= 0.3 is 0 Å². The monoisotopic (exact) mass is 302 g/mol. The molecule has 6 aliphatic carbocycles. The van der Waals surface area contributed by atoms with E-state index >= 15 is 0 Å². The minimum atomic E-state index is -0.368. The summed E-state index contributed by atoms with van der Waals surface area (Å²) >= 11 is 0. The third kappa shape index (κ3) is 1.13. The molecule has 6 fully saturated rings. The Balaban J connectivity index is 1.64. The molecule has 0 unspecified atom stereocenters. The summed E-state index contributed by atoms with van der Waals surface area (Å²) in [6.45, 7) is 9.55. The van der Waals surface area contributed by atoms with E-state index in [4.69, 9.17) is 0 Å². The van der Waals surface area contributed by atoms with Crippen molar-refractivity contribution in [3.05, 3.63) is 0 Å². The van der Waals surface area contributed by atoms with Crippen LogP contribution in [0.3, 0.4) is 0 Å². The van der Waals surface area contributed by atoms with Crippen molar-refractivity contribution < 1.29 is 9.90 Å². The SMILES string of the molecule is CC1(C)CCC[C@@]2(C)[C@@H]1CC[C@]13C(=O)[C@H]4[C@H](C[C@@H]21)[C@]4(C)[C@@H]3O. The van der Waals surface area contributed by atoms with E-state index in [-0.39, 0.29) is 28.3 Å². The first kappa shape index (κ1) is 14.0. The minimum Gasteiger partial charge on any atom is -0.391 e.